The molecule has 0 aromatic carbocycles. The van der Waals surface area contributed by atoms with E-state index in [1.807, 2.05) is 32.9 Å². The van der Waals surface area contributed by atoms with E-state index in [2.05, 4.69) is 15.6 Å². The van der Waals surface area contributed by atoms with E-state index in [0.717, 1.165) is 26.7 Å². The first-order valence-corrected chi connectivity index (χ1v) is 9.82. The van der Waals surface area contributed by atoms with Gasteiger partial charge in [-0.05, 0) is 25.0 Å². The van der Waals surface area contributed by atoms with Crippen LogP contribution >= 0.6 is 22.7 Å². The van der Waals surface area contributed by atoms with Crippen molar-refractivity contribution in [2.45, 2.75) is 46.7 Å². The van der Waals surface area contributed by atoms with Crippen molar-refractivity contribution in [2.24, 2.45) is 11.7 Å². The number of nitrogens with one attached hydrogen (secondary N) is 2. The number of nitrogens with zero attached hydrogens (tertiary/aromatic N) is 1. The van der Waals surface area contributed by atoms with E-state index < -0.39 is 6.04 Å². The van der Waals surface area contributed by atoms with Crippen molar-refractivity contribution in [3.05, 3.63) is 21.9 Å². The number of thiazole rings is 1. The first-order chi connectivity index (χ1) is 11.8. The van der Waals surface area contributed by atoms with Gasteiger partial charge in [0.1, 0.15) is 0 Å². The molecule has 0 aliphatic carbocycles. The Morgan fingerprint density at radius 3 is 2.68 bits per heavy atom. The van der Waals surface area contributed by atoms with Crippen molar-refractivity contribution in [1.29, 1.82) is 0 Å². The summed E-state index contributed by atoms with van der Waals surface area (Å²) >= 11 is 3.02. The number of anilines is 1. The molecule has 2 atom stereocenters. The molecule has 0 aliphatic heterocycles. The van der Waals surface area contributed by atoms with Gasteiger partial charge < -0.3 is 16.4 Å². The second kappa shape index (κ2) is 8.55. The van der Waals surface area contributed by atoms with Crippen LogP contribution in [0.2, 0.25) is 0 Å². The standard InChI is InChI=1S/C17H24N4O2S2/c1-5-9(2)14(18)16(23)21-17-20-15(10(3)24-17)13-7-6-12(25-13)8-19-11(4)22/h6-7,9,14H,5,8,18H2,1-4H3,(H,19,22)(H,20,21,23). The Labute approximate surface area is 155 Å². The number of aromatic nitrogens is 1. The first kappa shape index (κ1) is 19.6. The third kappa shape index (κ3) is 5.10. The Morgan fingerprint density at radius 1 is 1.32 bits per heavy atom. The fourth-order valence-corrected chi connectivity index (χ4v) is 4.08. The number of carbonyl (C=O) groups is 2. The molecule has 0 spiro atoms. The van der Waals surface area contributed by atoms with Gasteiger partial charge in [-0.25, -0.2) is 4.98 Å². The van der Waals surface area contributed by atoms with E-state index >= 15 is 0 Å². The van der Waals surface area contributed by atoms with E-state index in [-0.39, 0.29) is 17.7 Å². The van der Waals surface area contributed by atoms with Gasteiger partial charge in [0.15, 0.2) is 5.13 Å². The van der Waals surface area contributed by atoms with Gasteiger partial charge in [-0.3, -0.25) is 9.59 Å². The Morgan fingerprint density at radius 2 is 2.04 bits per heavy atom. The van der Waals surface area contributed by atoms with E-state index in [9.17, 15) is 9.59 Å². The van der Waals surface area contributed by atoms with Crippen LogP contribution in [0.3, 0.4) is 0 Å². The zero-order valence-electron chi connectivity index (χ0n) is 14.9. The van der Waals surface area contributed by atoms with Gasteiger partial charge in [0.05, 0.1) is 23.2 Å². The van der Waals surface area contributed by atoms with Crippen LogP contribution in [-0.4, -0.2) is 22.8 Å². The largest absolute Gasteiger partial charge is 0.351 e. The summed E-state index contributed by atoms with van der Waals surface area (Å²) < 4.78 is 0. The minimum atomic E-state index is -0.538. The Kier molecular flexibility index (Phi) is 6.69. The third-order valence-corrected chi connectivity index (χ3v) is 5.97. The lowest BCUT2D eigenvalue weighted by Gasteiger charge is -2.16. The summed E-state index contributed by atoms with van der Waals surface area (Å²) in [5.41, 5.74) is 6.83. The zero-order valence-corrected chi connectivity index (χ0v) is 16.5. The van der Waals surface area contributed by atoms with Crippen LogP contribution in [0.15, 0.2) is 12.1 Å². The van der Waals surface area contributed by atoms with Crippen LogP contribution in [0.25, 0.3) is 10.6 Å². The van der Waals surface area contributed by atoms with Gasteiger partial charge in [-0.2, -0.15) is 0 Å². The maximum Gasteiger partial charge on any atom is 0.243 e. The number of carbonyl (C=O) groups excluding carboxylic acids is 2. The molecular weight excluding hydrogens is 356 g/mol. The summed E-state index contributed by atoms with van der Waals surface area (Å²) in [6.45, 7) is 7.96. The van der Waals surface area contributed by atoms with E-state index in [4.69, 9.17) is 5.73 Å². The summed E-state index contributed by atoms with van der Waals surface area (Å²) in [7, 11) is 0. The second-order valence-electron chi connectivity index (χ2n) is 6.00. The predicted octanol–water partition coefficient (Wildman–Crippen LogP) is 3.13. The number of nitrogens with two attached hydrogens (primary N) is 1. The molecule has 0 bridgehead atoms. The van der Waals surface area contributed by atoms with Gasteiger partial charge in [-0.15, -0.1) is 22.7 Å². The molecule has 0 radical (unpaired) electrons. The minimum absolute atomic E-state index is 0.0533. The lowest BCUT2D eigenvalue weighted by Crippen LogP contribution is -2.40. The smallest absolute Gasteiger partial charge is 0.243 e. The third-order valence-electron chi connectivity index (χ3n) is 3.99. The van der Waals surface area contributed by atoms with Gasteiger partial charge in [-0.1, -0.05) is 20.3 Å². The molecule has 6 nitrogen and oxygen atoms in total. The van der Waals surface area contributed by atoms with Crippen LogP contribution in [0.4, 0.5) is 5.13 Å². The van der Waals surface area contributed by atoms with Crippen LogP contribution in [-0.2, 0) is 16.1 Å². The lowest BCUT2D eigenvalue weighted by molar-refractivity contribution is -0.119. The molecule has 2 amide bonds. The number of rotatable bonds is 7. The molecule has 4 N–H and O–H groups in total. The second-order valence-corrected chi connectivity index (χ2v) is 8.37. The van der Waals surface area contributed by atoms with Gasteiger partial charge in [0, 0.05) is 16.7 Å². The van der Waals surface area contributed by atoms with E-state index in [0.29, 0.717) is 11.7 Å². The molecule has 2 aromatic heterocycles. The molecule has 0 saturated carbocycles. The van der Waals surface area contributed by atoms with Gasteiger partial charge in [0.25, 0.3) is 0 Å². The predicted molar refractivity (Wildman–Crippen MR) is 104 cm³/mol. The van der Waals surface area contributed by atoms with Crippen LogP contribution in [0.1, 0.15) is 36.9 Å². The zero-order chi connectivity index (χ0) is 18.6. The van der Waals surface area contributed by atoms with Crippen molar-refractivity contribution >= 4 is 39.6 Å². The molecule has 0 fully saturated rings. The van der Waals surface area contributed by atoms with E-state index in [1.165, 1.54) is 18.3 Å². The minimum Gasteiger partial charge on any atom is -0.351 e. The van der Waals surface area contributed by atoms with Crippen molar-refractivity contribution < 1.29 is 9.59 Å². The summed E-state index contributed by atoms with van der Waals surface area (Å²) in [6.07, 6.45) is 0.850. The Hall–Kier alpha value is -1.77. The number of amides is 2. The van der Waals surface area contributed by atoms with Crippen LogP contribution < -0.4 is 16.4 Å². The average Bonchev–Trinajstić information content (AvgIpc) is 3.17. The average molecular weight is 381 g/mol. The molecule has 8 heteroatoms. The molecule has 2 heterocycles. The number of thiophene rings is 1. The van der Waals surface area contributed by atoms with E-state index in [1.54, 1.807) is 11.3 Å². The van der Waals surface area contributed by atoms with Crippen molar-refractivity contribution in [1.82, 2.24) is 10.3 Å². The van der Waals surface area contributed by atoms with Gasteiger partial charge in [0.2, 0.25) is 11.8 Å². The molecule has 2 unspecified atom stereocenters. The topological polar surface area (TPSA) is 97.1 Å². The van der Waals surface area contributed by atoms with Crippen LogP contribution in [0, 0.1) is 12.8 Å². The summed E-state index contributed by atoms with van der Waals surface area (Å²) in [6, 6.07) is 3.43. The molecular formula is C17H24N4O2S2. The Bertz CT molecular complexity index is 754. The number of hydrogen-bond donors (Lipinski definition) is 3. The molecule has 25 heavy (non-hydrogen) atoms. The number of aryl methyl sites for hydroxylation is 1. The van der Waals surface area contributed by atoms with Crippen molar-refractivity contribution in [3.63, 3.8) is 0 Å². The first-order valence-electron chi connectivity index (χ1n) is 8.19. The highest BCUT2D eigenvalue weighted by atomic mass is 32.1. The monoisotopic (exact) mass is 380 g/mol. The molecule has 2 rings (SSSR count). The highest BCUT2D eigenvalue weighted by molar-refractivity contribution is 7.18. The quantitative estimate of drug-likeness (QED) is 0.687. The summed E-state index contributed by atoms with van der Waals surface area (Å²) in [5, 5.41) is 6.17. The van der Waals surface area contributed by atoms with Crippen LogP contribution in [0.5, 0.6) is 0 Å². The summed E-state index contributed by atoms with van der Waals surface area (Å²) in [4.78, 5) is 30.9. The fraction of sp³-hybridized carbons (Fsp3) is 0.471. The van der Waals surface area contributed by atoms with Crippen molar-refractivity contribution in [3.8, 4) is 10.6 Å². The maximum absolute atomic E-state index is 12.2. The molecule has 2 aromatic rings. The van der Waals surface area contributed by atoms with Gasteiger partial charge >= 0.3 is 0 Å². The fourth-order valence-electron chi connectivity index (χ4n) is 2.19. The molecule has 136 valence electrons. The SMILES string of the molecule is CCC(C)C(N)C(=O)Nc1nc(-c2ccc(CNC(C)=O)s2)c(C)s1. The molecule has 0 aliphatic rings. The lowest BCUT2D eigenvalue weighted by atomic mass is 10.00. The Balaban J connectivity index is 2.09. The molecule has 0 saturated heterocycles. The summed E-state index contributed by atoms with van der Waals surface area (Å²) in [5.74, 6) is -0.135. The maximum atomic E-state index is 12.2. The highest BCUT2D eigenvalue weighted by Gasteiger charge is 2.21. The number of hydrogen-bond acceptors (Lipinski definition) is 6. The normalized spacial score (nSPS) is 13.3. The van der Waals surface area contributed by atoms with Crippen molar-refractivity contribution in [2.75, 3.05) is 5.32 Å². The highest BCUT2D eigenvalue weighted by Crippen LogP contribution is 2.34.